The Bertz CT molecular complexity index is 7490. The molecular weight excluding hydrogens is 1770 g/mol. The first kappa shape index (κ1) is 91.2. The molecule has 0 fully saturated rings. The van der Waals surface area contributed by atoms with Crippen LogP contribution in [0.2, 0.25) is 0 Å². The molecule has 133 heavy (non-hydrogen) atoms. The molecule has 33 nitrogen and oxygen atoms in total. The number of para-hydroxylation sites is 6. The Morgan fingerprint density at radius 1 is 0.353 bits per heavy atom. The van der Waals surface area contributed by atoms with Crippen molar-refractivity contribution < 1.29 is 66.5 Å². The summed E-state index contributed by atoms with van der Waals surface area (Å²) < 4.78 is 169. The lowest BCUT2D eigenvalue weighted by Gasteiger charge is -2.19. The number of halogens is 6. The van der Waals surface area contributed by atoms with Gasteiger partial charge in [0.25, 0.3) is 36.9 Å². The van der Waals surface area contributed by atoms with Crippen molar-refractivity contribution in [2.75, 3.05) is 44.8 Å². The second-order valence-corrected chi connectivity index (χ2v) is 32.4. The average molecular weight is 1840 g/mol. The molecule has 8 N–H and O–H groups in total. The van der Waals surface area contributed by atoms with Gasteiger partial charge < -0.3 is 31.4 Å². The Morgan fingerprint density at radius 3 is 0.865 bits per heavy atom. The number of anilines is 3. The molecular formula is C92H75F6N21O12S2. The number of aryl methyl sites for hydroxylation is 1. The summed E-state index contributed by atoms with van der Waals surface area (Å²) in [6.45, 7) is 7.20. The van der Waals surface area contributed by atoms with Gasteiger partial charge >= 0.3 is 0 Å². The number of hydrogen-bond acceptors (Lipinski definition) is 25. The summed E-state index contributed by atoms with van der Waals surface area (Å²) in [4.78, 5) is 80.8. The Morgan fingerprint density at radius 2 is 0.609 bits per heavy atom. The van der Waals surface area contributed by atoms with Gasteiger partial charge in [-0.3, -0.25) is 37.2 Å². The van der Waals surface area contributed by atoms with Crippen LogP contribution in [0.5, 0.6) is 17.2 Å². The molecule has 0 spiro atoms. The van der Waals surface area contributed by atoms with Crippen LogP contribution in [0.4, 0.5) is 43.8 Å². The predicted molar refractivity (Wildman–Crippen MR) is 487 cm³/mol. The number of ether oxygens (including phenoxy) is 3. The van der Waals surface area contributed by atoms with Gasteiger partial charge in [-0.25, -0.2) is 72.1 Å². The van der Waals surface area contributed by atoms with E-state index in [1.807, 2.05) is 61.5 Å². The smallest absolute Gasteiger partial charge is 0.294 e. The van der Waals surface area contributed by atoms with Gasteiger partial charge in [0.15, 0.2) is 51.6 Å². The van der Waals surface area contributed by atoms with Gasteiger partial charge in [0.2, 0.25) is 17.5 Å². The van der Waals surface area contributed by atoms with Gasteiger partial charge in [0.1, 0.15) is 89.1 Å². The van der Waals surface area contributed by atoms with Crippen molar-refractivity contribution in [3.63, 3.8) is 0 Å². The molecule has 9 aromatic heterocycles. The van der Waals surface area contributed by atoms with E-state index < -0.39 is 73.3 Å². The number of nitrogen functional groups attached to an aromatic ring is 3. The molecule has 9 heterocycles. The molecule has 3 atom stereocenters. The zero-order valence-corrected chi connectivity index (χ0v) is 72.8. The van der Waals surface area contributed by atoms with Crippen molar-refractivity contribution in [2.45, 2.75) is 50.7 Å². The summed E-state index contributed by atoms with van der Waals surface area (Å²) in [5.74, 6) is -6.47. The van der Waals surface area contributed by atoms with E-state index in [-0.39, 0.29) is 123 Å². The van der Waals surface area contributed by atoms with Gasteiger partial charge in [-0.05, 0) is 149 Å². The predicted octanol–water partition coefficient (Wildman–Crippen LogP) is 14.8. The number of methoxy groups -OCH3 is 3. The van der Waals surface area contributed by atoms with Gasteiger partial charge in [-0.2, -0.15) is 45.3 Å². The van der Waals surface area contributed by atoms with Crippen LogP contribution in [0.15, 0.2) is 263 Å². The summed E-state index contributed by atoms with van der Waals surface area (Å²) >= 11 is 0. The molecule has 0 saturated heterocycles. The first-order valence-electron chi connectivity index (χ1n) is 39.9. The zero-order chi connectivity index (χ0) is 94.8. The number of rotatable bonds is 16. The number of benzene rings is 10. The highest BCUT2D eigenvalue weighted by Crippen LogP contribution is 2.42. The summed E-state index contributed by atoms with van der Waals surface area (Å²) in [5.41, 5.74) is 22.6. The molecule has 0 aliphatic rings. The molecule has 0 unspecified atom stereocenters. The highest BCUT2D eigenvalue weighted by atomic mass is 32.2. The maximum atomic E-state index is 15.2. The van der Waals surface area contributed by atoms with Crippen LogP contribution >= 0.6 is 0 Å². The number of aromatic nitrogens is 18. The first-order chi connectivity index (χ1) is 63.7. The van der Waals surface area contributed by atoms with Gasteiger partial charge in [-0.15, -0.1) is 0 Å². The monoisotopic (exact) mass is 1840 g/mol. The van der Waals surface area contributed by atoms with Crippen LogP contribution in [0.25, 0.3) is 117 Å². The normalized spacial score (nSPS) is 12.1. The van der Waals surface area contributed by atoms with Crippen LogP contribution in [0, 0.1) is 41.8 Å². The molecule has 0 bridgehead atoms. The average Bonchev–Trinajstić information content (AvgIpc) is 1.69. The SMILES string of the molecule is COc1ccc(-c2nn([C@@H](C)c3nc4ccccc4c(=O)n3-c3ccccc3)c3ncnc(N)c23)c(F)c1F.COc1ccc(-c2nn([C@@H](C)c3nc4ccccc4c(=O)n3-c3ccccc3)c3ncnc(N)c23)c(F)c1F.COc1ccc(-c2nn([C@@H](C)c3nc4ccccc4c(=O)n3-c3ccccc3)c3ncnc(N)c23)c(F)c1F.CS(=O)(=O)O.Cc1ccc(S(=O)(=O)O)cc1. The van der Waals surface area contributed by atoms with E-state index in [0.717, 1.165) is 5.56 Å². The standard InChI is InChI=1S/3C28H21F2N7O2.C7H8O3S.CH4O3S/c3*1-15(26-34-19-11-7-6-10-17(19)28(38)36(26)16-8-4-3-5-9-16)37-27-21(25(31)32-14-33-27)24(35-37)18-12-13-20(39-2)23(30)22(18)29;1-6-2-4-7(5-3-6)11(8,9)10;1-5(2,3)4/h3*3-15H,1-2H3,(H2,31,32,33);2-5H,1H3,(H,8,9,10);1H3,(H,2,3,4)/t3*15-;;/m000../s1. The van der Waals surface area contributed by atoms with Crippen molar-refractivity contribution in [2.24, 2.45) is 0 Å². The topological polar surface area (TPSA) is 450 Å². The maximum Gasteiger partial charge on any atom is 0.294 e. The number of fused-ring (bicyclic) bond motifs is 6. The lowest BCUT2D eigenvalue weighted by molar-refractivity contribution is 0.372. The van der Waals surface area contributed by atoms with Gasteiger partial charge in [-0.1, -0.05) is 109 Å². The minimum absolute atomic E-state index is 0.0380. The second kappa shape index (κ2) is 37.6. The summed E-state index contributed by atoms with van der Waals surface area (Å²) in [7, 11) is -3.94. The van der Waals surface area contributed by atoms with Crippen molar-refractivity contribution in [3.05, 3.63) is 332 Å². The lowest BCUT2D eigenvalue weighted by atomic mass is 10.1. The second-order valence-electron chi connectivity index (χ2n) is 29.5. The largest absolute Gasteiger partial charge is 0.494 e. The van der Waals surface area contributed by atoms with E-state index in [4.69, 9.17) is 55.5 Å². The Balaban J connectivity index is 0.000000140. The number of nitrogens with zero attached hydrogens (tertiary/aromatic N) is 18. The van der Waals surface area contributed by atoms with Crippen LogP contribution in [-0.4, -0.2) is 141 Å². The molecule has 41 heteroatoms. The zero-order valence-electron chi connectivity index (χ0n) is 71.2. The Hall–Kier alpha value is -16.5. The Kier molecular flexibility index (Phi) is 25.8. The van der Waals surface area contributed by atoms with Crippen LogP contribution in [0.3, 0.4) is 0 Å². The number of hydrogen-bond donors (Lipinski definition) is 5. The third-order valence-corrected chi connectivity index (χ3v) is 22.0. The molecule has 0 amide bonds. The highest BCUT2D eigenvalue weighted by molar-refractivity contribution is 7.85. The van der Waals surface area contributed by atoms with Gasteiger partial charge in [0.05, 0.1) is 98.4 Å². The molecule has 19 aromatic rings. The molecule has 0 aliphatic heterocycles. The minimum atomic E-state index is -4.02. The van der Waals surface area contributed by atoms with Crippen molar-refractivity contribution in [1.82, 2.24) is 87.9 Å². The van der Waals surface area contributed by atoms with Crippen molar-refractivity contribution in [3.8, 4) is 68.1 Å². The van der Waals surface area contributed by atoms with E-state index in [9.17, 15) is 44.4 Å². The number of nitrogens with two attached hydrogens (primary N) is 3. The van der Waals surface area contributed by atoms with Crippen molar-refractivity contribution >= 4 is 103 Å². The van der Waals surface area contributed by atoms with E-state index in [1.165, 1.54) is 117 Å². The molecule has 0 saturated carbocycles. The summed E-state index contributed by atoms with van der Waals surface area (Å²) in [6, 6.07) is 60.3. The van der Waals surface area contributed by atoms with Gasteiger partial charge in [0, 0.05) is 16.7 Å². The molecule has 0 aliphatic carbocycles. The third-order valence-electron chi connectivity index (χ3n) is 21.1. The fourth-order valence-electron chi connectivity index (χ4n) is 14.8. The molecule has 19 rings (SSSR count). The fraction of sp³-hybridized carbons (Fsp3) is 0.120. The van der Waals surface area contributed by atoms with E-state index >= 15 is 13.2 Å². The molecule has 0 radical (unpaired) electrons. The van der Waals surface area contributed by atoms with Crippen LogP contribution < -0.4 is 48.1 Å². The maximum absolute atomic E-state index is 15.2. The van der Waals surface area contributed by atoms with Crippen LogP contribution in [-0.2, 0) is 20.2 Å². The minimum Gasteiger partial charge on any atom is -0.494 e. The fourth-order valence-corrected chi connectivity index (χ4v) is 15.3. The summed E-state index contributed by atoms with van der Waals surface area (Å²) in [5, 5.41) is 16.0. The molecule has 674 valence electrons. The van der Waals surface area contributed by atoms with E-state index in [0.29, 0.717) is 73.5 Å². The van der Waals surface area contributed by atoms with Crippen molar-refractivity contribution in [1.29, 1.82) is 0 Å². The quantitative estimate of drug-likeness (QED) is 0.0443. The van der Waals surface area contributed by atoms with E-state index in [1.54, 1.807) is 142 Å². The van der Waals surface area contributed by atoms with E-state index in [2.05, 4.69) is 45.2 Å². The first-order valence-corrected chi connectivity index (χ1v) is 43.2. The third kappa shape index (κ3) is 18.0. The summed E-state index contributed by atoms with van der Waals surface area (Å²) in [6.07, 6.45) is 4.49. The Labute approximate surface area is 749 Å². The highest BCUT2D eigenvalue weighted by Gasteiger charge is 2.33. The van der Waals surface area contributed by atoms with Crippen LogP contribution in [0.1, 0.15) is 61.9 Å². The lowest BCUT2D eigenvalue weighted by Crippen LogP contribution is -2.27. The molecule has 10 aromatic carbocycles.